The zero-order chi connectivity index (χ0) is 18.1. The van der Waals surface area contributed by atoms with Crippen LogP contribution in [0.15, 0.2) is 0 Å². The van der Waals surface area contributed by atoms with E-state index in [0.29, 0.717) is 24.8 Å². The number of aryl methyl sites for hydroxylation is 3. The normalized spacial score (nSPS) is 17.2. The van der Waals surface area contributed by atoms with Crippen LogP contribution in [0.5, 0.6) is 5.88 Å². The average molecular weight is 345 g/mol. The first-order valence-electron chi connectivity index (χ1n) is 8.77. The molecule has 7 heteroatoms. The van der Waals surface area contributed by atoms with E-state index in [1.807, 2.05) is 25.9 Å². The van der Waals surface area contributed by atoms with E-state index in [-0.39, 0.29) is 5.91 Å². The van der Waals surface area contributed by atoms with Crippen molar-refractivity contribution < 1.29 is 9.53 Å². The van der Waals surface area contributed by atoms with Crippen LogP contribution >= 0.6 is 0 Å². The summed E-state index contributed by atoms with van der Waals surface area (Å²) in [5.41, 5.74) is 3.99. The SMILES string of the molecule is COc1nn(C)c2nc(C)c(CCC(=O)N(C)C3CCNC3)c(C)c12. The summed E-state index contributed by atoms with van der Waals surface area (Å²) in [5.74, 6) is 0.773. The maximum atomic E-state index is 12.6. The molecule has 136 valence electrons. The number of aromatic nitrogens is 3. The van der Waals surface area contributed by atoms with Gasteiger partial charge in [-0.1, -0.05) is 0 Å². The minimum Gasteiger partial charge on any atom is -0.479 e. The molecule has 1 amide bonds. The van der Waals surface area contributed by atoms with Crippen molar-refractivity contribution in [1.29, 1.82) is 0 Å². The molecule has 1 aliphatic heterocycles. The van der Waals surface area contributed by atoms with Gasteiger partial charge in [0.25, 0.3) is 0 Å². The highest BCUT2D eigenvalue weighted by Gasteiger charge is 2.24. The maximum absolute atomic E-state index is 12.6. The first-order chi connectivity index (χ1) is 11.9. The predicted octanol–water partition coefficient (Wildman–Crippen LogP) is 1.35. The van der Waals surface area contributed by atoms with Gasteiger partial charge in [-0.3, -0.25) is 4.79 Å². The number of rotatable bonds is 5. The third kappa shape index (κ3) is 3.20. The first-order valence-corrected chi connectivity index (χ1v) is 8.77. The molecule has 1 unspecified atom stereocenters. The molecule has 0 saturated carbocycles. The molecule has 2 aromatic rings. The number of likely N-dealkylation sites (N-methyl/N-ethyl adjacent to an activating group) is 1. The van der Waals surface area contributed by atoms with E-state index in [1.54, 1.807) is 11.8 Å². The minimum atomic E-state index is 0.186. The Bertz CT molecular complexity index is 793. The van der Waals surface area contributed by atoms with Crippen LogP contribution < -0.4 is 10.1 Å². The van der Waals surface area contributed by atoms with E-state index >= 15 is 0 Å². The number of nitrogens with zero attached hydrogens (tertiary/aromatic N) is 4. The monoisotopic (exact) mass is 345 g/mol. The molecule has 7 nitrogen and oxygen atoms in total. The fraction of sp³-hybridized carbons (Fsp3) is 0.611. The molecule has 0 bridgehead atoms. The molecule has 3 heterocycles. The smallest absolute Gasteiger partial charge is 0.242 e. The number of ether oxygens (including phenoxy) is 1. The lowest BCUT2D eigenvalue weighted by Gasteiger charge is -2.24. The largest absolute Gasteiger partial charge is 0.479 e. The van der Waals surface area contributed by atoms with Gasteiger partial charge in [-0.15, -0.1) is 5.10 Å². The van der Waals surface area contributed by atoms with Crippen molar-refractivity contribution >= 4 is 16.9 Å². The Hall–Kier alpha value is -2.15. The molecule has 1 saturated heterocycles. The van der Waals surface area contributed by atoms with E-state index in [2.05, 4.69) is 17.3 Å². The lowest BCUT2D eigenvalue weighted by Crippen LogP contribution is -2.38. The molecule has 1 atom stereocenters. The predicted molar refractivity (Wildman–Crippen MR) is 96.9 cm³/mol. The fourth-order valence-electron chi connectivity index (χ4n) is 3.69. The van der Waals surface area contributed by atoms with Crippen LogP contribution in [0.25, 0.3) is 11.0 Å². The van der Waals surface area contributed by atoms with Gasteiger partial charge >= 0.3 is 0 Å². The van der Waals surface area contributed by atoms with E-state index in [4.69, 9.17) is 9.72 Å². The van der Waals surface area contributed by atoms with Crippen LogP contribution in [0.1, 0.15) is 29.7 Å². The number of carbonyl (C=O) groups excluding carboxylic acids is 1. The van der Waals surface area contributed by atoms with Crippen molar-refractivity contribution in [2.24, 2.45) is 7.05 Å². The number of amides is 1. The van der Waals surface area contributed by atoms with Gasteiger partial charge in [-0.05, 0) is 44.4 Å². The van der Waals surface area contributed by atoms with Gasteiger partial charge in [0.2, 0.25) is 11.8 Å². The summed E-state index contributed by atoms with van der Waals surface area (Å²) in [4.78, 5) is 19.1. The van der Waals surface area contributed by atoms with Crippen LogP contribution in [0.2, 0.25) is 0 Å². The molecule has 0 aromatic carbocycles. The Kier molecular flexibility index (Phi) is 4.94. The number of pyridine rings is 1. The third-order valence-electron chi connectivity index (χ3n) is 5.28. The second-order valence-electron chi connectivity index (χ2n) is 6.78. The average Bonchev–Trinajstić information content (AvgIpc) is 3.22. The molecule has 3 rings (SSSR count). The van der Waals surface area contributed by atoms with Crippen LogP contribution in [-0.4, -0.2) is 58.9 Å². The van der Waals surface area contributed by atoms with Crippen molar-refractivity contribution in [3.63, 3.8) is 0 Å². The summed E-state index contributed by atoms with van der Waals surface area (Å²) in [5, 5.41) is 8.62. The summed E-state index contributed by atoms with van der Waals surface area (Å²) in [7, 11) is 5.39. The minimum absolute atomic E-state index is 0.186. The summed E-state index contributed by atoms with van der Waals surface area (Å²) in [6.45, 7) is 5.94. The Morgan fingerprint density at radius 2 is 2.20 bits per heavy atom. The van der Waals surface area contributed by atoms with Crippen molar-refractivity contribution in [1.82, 2.24) is 25.0 Å². The summed E-state index contributed by atoms with van der Waals surface area (Å²) in [6, 6.07) is 0.314. The fourth-order valence-corrected chi connectivity index (χ4v) is 3.69. The highest BCUT2D eigenvalue weighted by molar-refractivity contribution is 5.86. The number of nitrogens with one attached hydrogen (secondary N) is 1. The highest BCUT2D eigenvalue weighted by Crippen LogP contribution is 2.30. The Morgan fingerprint density at radius 1 is 1.44 bits per heavy atom. The Morgan fingerprint density at radius 3 is 2.84 bits per heavy atom. The molecule has 0 radical (unpaired) electrons. The van der Waals surface area contributed by atoms with Crippen molar-refractivity contribution in [2.45, 2.75) is 39.2 Å². The van der Waals surface area contributed by atoms with E-state index in [9.17, 15) is 4.79 Å². The van der Waals surface area contributed by atoms with Crippen LogP contribution in [-0.2, 0) is 18.3 Å². The van der Waals surface area contributed by atoms with Gasteiger partial charge in [-0.2, -0.15) is 0 Å². The van der Waals surface area contributed by atoms with E-state index in [1.165, 1.54) is 0 Å². The lowest BCUT2D eigenvalue weighted by atomic mass is 9.99. The lowest BCUT2D eigenvalue weighted by molar-refractivity contribution is -0.131. The number of methoxy groups -OCH3 is 1. The van der Waals surface area contributed by atoms with Crippen LogP contribution in [0, 0.1) is 13.8 Å². The van der Waals surface area contributed by atoms with Gasteiger partial charge in [0, 0.05) is 38.8 Å². The second-order valence-corrected chi connectivity index (χ2v) is 6.78. The molecule has 1 aliphatic rings. The molecule has 2 aromatic heterocycles. The molecular formula is C18H27N5O2. The van der Waals surface area contributed by atoms with Crippen LogP contribution in [0.4, 0.5) is 0 Å². The van der Waals surface area contributed by atoms with Gasteiger partial charge < -0.3 is 15.0 Å². The Balaban J connectivity index is 1.82. The number of fused-ring (bicyclic) bond motifs is 1. The first kappa shape index (κ1) is 17.7. The van der Waals surface area contributed by atoms with Crippen molar-refractivity contribution in [3.05, 3.63) is 16.8 Å². The summed E-state index contributed by atoms with van der Waals surface area (Å²) < 4.78 is 7.14. The molecular weight excluding hydrogens is 318 g/mol. The zero-order valence-electron chi connectivity index (χ0n) is 15.7. The van der Waals surface area contributed by atoms with E-state index < -0.39 is 0 Å². The molecule has 1 N–H and O–H groups in total. The van der Waals surface area contributed by atoms with E-state index in [0.717, 1.165) is 47.4 Å². The maximum Gasteiger partial charge on any atom is 0.242 e. The summed E-state index contributed by atoms with van der Waals surface area (Å²) >= 11 is 0. The zero-order valence-corrected chi connectivity index (χ0v) is 15.7. The van der Waals surface area contributed by atoms with Gasteiger partial charge in [-0.25, -0.2) is 9.67 Å². The van der Waals surface area contributed by atoms with Crippen molar-refractivity contribution in [2.75, 3.05) is 27.2 Å². The number of hydrogen-bond donors (Lipinski definition) is 1. The topological polar surface area (TPSA) is 72.3 Å². The molecule has 0 aliphatic carbocycles. The summed E-state index contributed by atoms with van der Waals surface area (Å²) in [6.07, 6.45) is 2.20. The highest BCUT2D eigenvalue weighted by atomic mass is 16.5. The standard InChI is InChI=1S/C18H27N5O2/c1-11-14(6-7-15(24)22(3)13-8-9-19-10-13)12(2)20-17-16(11)18(25-5)21-23(17)4/h13,19H,6-10H2,1-5H3. The third-order valence-corrected chi connectivity index (χ3v) is 5.28. The van der Waals surface area contributed by atoms with Gasteiger partial charge in [0.1, 0.15) is 0 Å². The van der Waals surface area contributed by atoms with Gasteiger partial charge in [0.15, 0.2) is 5.65 Å². The quantitative estimate of drug-likeness (QED) is 0.885. The number of carbonyl (C=O) groups is 1. The second kappa shape index (κ2) is 7.00. The molecule has 0 spiro atoms. The van der Waals surface area contributed by atoms with Crippen LogP contribution in [0.3, 0.4) is 0 Å². The molecule has 25 heavy (non-hydrogen) atoms. The van der Waals surface area contributed by atoms with Crippen molar-refractivity contribution in [3.8, 4) is 5.88 Å². The number of hydrogen-bond acceptors (Lipinski definition) is 5. The van der Waals surface area contributed by atoms with Gasteiger partial charge in [0.05, 0.1) is 12.5 Å². The Labute approximate surface area is 148 Å². The molecule has 1 fully saturated rings.